The highest BCUT2D eigenvalue weighted by molar-refractivity contribution is 5.75. The number of hydrogen-bond donors (Lipinski definition) is 0. The molecule has 0 saturated heterocycles. The predicted molar refractivity (Wildman–Crippen MR) is 68.6 cm³/mol. The van der Waals surface area contributed by atoms with Gasteiger partial charge in [0, 0.05) is 13.5 Å². The molecule has 0 aromatic rings. The zero-order chi connectivity index (χ0) is 14.3. The summed E-state index contributed by atoms with van der Waals surface area (Å²) in [6, 6.07) is 0. The van der Waals surface area contributed by atoms with E-state index in [0.29, 0.717) is 19.3 Å². The van der Waals surface area contributed by atoms with Crippen molar-refractivity contribution in [2.75, 3.05) is 14.2 Å². The molecule has 0 fully saturated rings. The Morgan fingerprint density at radius 3 is 2.28 bits per heavy atom. The second-order valence-electron chi connectivity index (χ2n) is 5.40. The molecular formula is C13H25NO4. The van der Waals surface area contributed by atoms with E-state index < -0.39 is 5.60 Å². The van der Waals surface area contributed by atoms with Crippen LogP contribution < -0.4 is 0 Å². The van der Waals surface area contributed by atoms with E-state index >= 15 is 0 Å². The molecule has 0 N–H and O–H groups in total. The summed E-state index contributed by atoms with van der Waals surface area (Å²) in [6.45, 7) is 7.34. The molecule has 0 heterocycles. The van der Waals surface area contributed by atoms with Crippen molar-refractivity contribution in [3.63, 3.8) is 0 Å². The van der Waals surface area contributed by atoms with Crippen molar-refractivity contribution >= 4 is 11.9 Å². The monoisotopic (exact) mass is 259 g/mol. The number of nitrogens with zero attached hydrogens (tertiary/aromatic N) is 1. The molecule has 0 bridgehead atoms. The molecule has 1 atom stereocenters. The fourth-order valence-electron chi connectivity index (χ4n) is 1.34. The Hall–Kier alpha value is -1.10. The van der Waals surface area contributed by atoms with Gasteiger partial charge in [-0.2, -0.15) is 0 Å². The zero-order valence-corrected chi connectivity index (χ0v) is 12.3. The van der Waals surface area contributed by atoms with Crippen LogP contribution in [0, 0.1) is 5.92 Å². The van der Waals surface area contributed by atoms with Gasteiger partial charge in [0.15, 0.2) is 0 Å². The van der Waals surface area contributed by atoms with Crippen LogP contribution >= 0.6 is 0 Å². The summed E-state index contributed by atoms with van der Waals surface area (Å²) in [7, 11) is 3.01. The Morgan fingerprint density at radius 1 is 1.28 bits per heavy atom. The number of hydrogen-bond acceptors (Lipinski definition) is 4. The van der Waals surface area contributed by atoms with Gasteiger partial charge in [-0.3, -0.25) is 14.4 Å². The molecule has 0 aromatic heterocycles. The van der Waals surface area contributed by atoms with Crippen molar-refractivity contribution in [2.45, 2.75) is 52.6 Å². The molecule has 0 unspecified atom stereocenters. The lowest BCUT2D eigenvalue weighted by Crippen LogP contribution is -2.28. The Kier molecular flexibility index (Phi) is 6.91. The molecule has 5 heteroatoms. The number of ether oxygens (including phenoxy) is 1. The second-order valence-corrected chi connectivity index (χ2v) is 5.40. The molecular weight excluding hydrogens is 234 g/mol. The van der Waals surface area contributed by atoms with Crippen molar-refractivity contribution in [3.8, 4) is 0 Å². The quantitative estimate of drug-likeness (QED) is 0.542. The predicted octanol–water partition coefficient (Wildman–Crippen LogP) is 2.15. The third kappa shape index (κ3) is 7.27. The lowest BCUT2D eigenvalue weighted by atomic mass is 10.0. The molecule has 5 nitrogen and oxygen atoms in total. The van der Waals surface area contributed by atoms with E-state index in [1.54, 1.807) is 7.05 Å². The number of esters is 1. The smallest absolute Gasteiger partial charge is 0.309 e. The number of hydroxylamine groups is 2. The minimum absolute atomic E-state index is 0.0890. The van der Waals surface area contributed by atoms with E-state index in [1.807, 2.05) is 27.7 Å². The van der Waals surface area contributed by atoms with Crippen molar-refractivity contribution in [2.24, 2.45) is 5.92 Å². The van der Waals surface area contributed by atoms with Gasteiger partial charge >= 0.3 is 5.97 Å². The van der Waals surface area contributed by atoms with Gasteiger partial charge in [-0.05, 0) is 33.6 Å². The van der Waals surface area contributed by atoms with E-state index in [-0.39, 0.29) is 17.8 Å². The van der Waals surface area contributed by atoms with Crippen molar-refractivity contribution in [3.05, 3.63) is 0 Å². The topological polar surface area (TPSA) is 55.8 Å². The largest absolute Gasteiger partial charge is 0.460 e. The summed E-state index contributed by atoms with van der Waals surface area (Å²) in [6.07, 6.45) is 1.66. The van der Waals surface area contributed by atoms with Crippen LogP contribution in [0.2, 0.25) is 0 Å². The maximum Gasteiger partial charge on any atom is 0.309 e. The SMILES string of the molecule is CON(C)C(=O)CCC[C@H](C)C(=O)OC(C)(C)C. The summed E-state index contributed by atoms with van der Waals surface area (Å²) in [5, 5.41) is 1.19. The molecule has 0 spiro atoms. The summed E-state index contributed by atoms with van der Waals surface area (Å²) in [4.78, 5) is 27.9. The summed E-state index contributed by atoms with van der Waals surface area (Å²) >= 11 is 0. The lowest BCUT2D eigenvalue weighted by molar-refractivity contribution is -0.169. The highest BCUT2D eigenvalue weighted by Gasteiger charge is 2.21. The van der Waals surface area contributed by atoms with Gasteiger partial charge in [0.05, 0.1) is 13.0 Å². The molecule has 106 valence electrons. The standard InChI is InChI=1S/C13H25NO4/c1-10(12(16)18-13(2,3)4)8-7-9-11(15)14(5)17-6/h10H,7-9H2,1-6H3/t10-/m0/s1. The average molecular weight is 259 g/mol. The van der Waals surface area contributed by atoms with E-state index in [2.05, 4.69) is 0 Å². The van der Waals surface area contributed by atoms with Crippen molar-refractivity contribution < 1.29 is 19.2 Å². The minimum atomic E-state index is -0.461. The highest BCUT2D eigenvalue weighted by Crippen LogP contribution is 2.15. The Balaban J connectivity index is 3.94. The number of carbonyl (C=O) groups excluding carboxylic acids is 2. The first-order valence-corrected chi connectivity index (χ1v) is 6.21. The van der Waals surface area contributed by atoms with E-state index in [0.717, 1.165) is 0 Å². The molecule has 0 aliphatic rings. The van der Waals surface area contributed by atoms with Gasteiger partial charge < -0.3 is 4.74 Å². The maximum atomic E-state index is 11.7. The first-order valence-electron chi connectivity index (χ1n) is 6.21. The maximum absolute atomic E-state index is 11.7. The summed E-state index contributed by atoms with van der Waals surface area (Å²) < 4.78 is 5.27. The Bertz CT molecular complexity index is 283. The fraction of sp³-hybridized carbons (Fsp3) is 0.846. The molecule has 0 radical (unpaired) electrons. The Morgan fingerprint density at radius 2 is 1.83 bits per heavy atom. The zero-order valence-electron chi connectivity index (χ0n) is 12.3. The van der Waals surface area contributed by atoms with Crippen LogP contribution in [0.4, 0.5) is 0 Å². The third-order valence-electron chi connectivity index (χ3n) is 2.46. The van der Waals surface area contributed by atoms with Crippen LogP contribution in [0.15, 0.2) is 0 Å². The van der Waals surface area contributed by atoms with Gasteiger partial charge in [-0.15, -0.1) is 0 Å². The Labute approximate surface area is 109 Å². The van der Waals surface area contributed by atoms with Gasteiger partial charge in [-0.1, -0.05) is 6.92 Å². The van der Waals surface area contributed by atoms with E-state index in [4.69, 9.17) is 9.57 Å². The molecule has 0 aromatic carbocycles. The highest BCUT2D eigenvalue weighted by atomic mass is 16.7. The first kappa shape index (κ1) is 16.9. The fourth-order valence-corrected chi connectivity index (χ4v) is 1.34. The van der Waals surface area contributed by atoms with E-state index in [1.165, 1.54) is 12.2 Å². The molecule has 0 rings (SSSR count). The number of rotatable bonds is 6. The van der Waals surface area contributed by atoms with Crippen LogP contribution in [-0.4, -0.2) is 36.7 Å². The van der Waals surface area contributed by atoms with Gasteiger partial charge in [0.25, 0.3) is 0 Å². The van der Waals surface area contributed by atoms with Crippen molar-refractivity contribution in [1.82, 2.24) is 5.06 Å². The lowest BCUT2D eigenvalue weighted by Gasteiger charge is -2.22. The molecule has 0 aliphatic carbocycles. The van der Waals surface area contributed by atoms with Gasteiger partial charge in [-0.25, -0.2) is 5.06 Å². The van der Waals surface area contributed by atoms with Crippen molar-refractivity contribution in [1.29, 1.82) is 0 Å². The molecule has 18 heavy (non-hydrogen) atoms. The third-order valence-corrected chi connectivity index (χ3v) is 2.46. The first-order chi connectivity index (χ1) is 8.17. The van der Waals surface area contributed by atoms with Crippen LogP contribution in [0.5, 0.6) is 0 Å². The summed E-state index contributed by atoms with van der Waals surface area (Å²) in [5.74, 6) is -0.492. The molecule has 0 aliphatic heterocycles. The second kappa shape index (κ2) is 7.36. The summed E-state index contributed by atoms with van der Waals surface area (Å²) in [5.41, 5.74) is -0.461. The number of amides is 1. The van der Waals surface area contributed by atoms with E-state index in [9.17, 15) is 9.59 Å². The normalized spacial score (nSPS) is 13.0. The van der Waals surface area contributed by atoms with Crippen LogP contribution in [-0.2, 0) is 19.2 Å². The number of carbonyl (C=O) groups is 2. The van der Waals surface area contributed by atoms with Crippen LogP contribution in [0.3, 0.4) is 0 Å². The van der Waals surface area contributed by atoms with Crippen LogP contribution in [0.25, 0.3) is 0 Å². The van der Waals surface area contributed by atoms with Gasteiger partial charge in [0.2, 0.25) is 5.91 Å². The van der Waals surface area contributed by atoms with Gasteiger partial charge in [0.1, 0.15) is 5.60 Å². The molecule has 0 saturated carbocycles. The molecule has 1 amide bonds. The average Bonchev–Trinajstić information content (AvgIpc) is 2.25. The van der Waals surface area contributed by atoms with Crippen LogP contribution in [0.1, 0.15) is 47.0 Å². The minimum Gasteiger partial charge on any atom is -0.460 e.